The molecule has 5 nitrogen and oxygen atoms in total. The van der Waals surface area contributed by atoms with E-state index in [0.29, 0.717) is 11.6 Å². The van der Waals surface area contributed by atoms with Gasteiger partial charge in [-0.2, -0.15) is 0 Å². The van der Waals surface area contributed by atoms with Crippen molar-refractivity contribution in [3.8, 4) is 22.5 Å². The Morgan fingerprint density at radius 1 is 0.875 bits per heavy atom. The number of anilines is 1. The Morgan fingerprint density at radius 2 is 1.71 bits per heavy atom. The van der Waals surface area contributed by atoms with Crippen LogP contribution < -0.4 is 5.73 Å². The number of nitrogens with two attached hydrogens (primary N) is 1. The van der Waals surface area contributed by atoms with E-state index < -0.39 is 0 Å². The van der Waals surface area contributed by atoms with Crippen LogP contribution in [0, 0.1) is 6.92 Å². The molecule has 116 valence electrons. The molecule has 0 bridgehead atoms. The SMILES string of the molecule is Cc1cccc(-c2cncc3nc(-c4ccncc4)nc(N)c23)c1. The highest BCUT2D eigenvalue weighted by molar-refractivity contribution is 6.01. The van der Waals surface area contributed by atoms with Crippen LogP contribution in [0.4, 0.5) is 5.82 Å². The molecule has 0 aliphatic carbocycles. The number of hydrogen-bond donors (Lipinski definition) is 1. The molecule has 3 aromatic heterocycles. The maximum atomic E-state index is 6.28. The molecule has 1 aromatic carbocycles. The Bertz CT molecular complexity index is 1030. The smallest absolute Gasteiger partial charge is 0.162 e. The van der Waals surface area contributed by atoms with Gasteiger partial charge in [0.1, 0.15) is 5.82 Å². The van der Waals surface area contributed by atoms with Crippen LogP contribution >= 0.6 is 0 Å². The number of nitrogens with zero attached hydrogens (tertiary/aromatic N) is 4. The molecule has 0 amide bonds. The summed E-state index contributed by atoms with van der Waals surface area (Å²) >= 11 is 0. The van der Waals surface area contributed by atoms with Crippen LogP contribution in [-0.2, 0) is 0 Å². The molecule has 5 heteroatoms. The first-order chi connectivity index (χ1) is 11.7. The van der Waals surface area contributed by atoms with Crippen molar-refractivity contribution in [3.05, 3.63) is 66.7 Å². The Hall–Kier alpha value is -3.34. The van der Waals surface area contributed by atoms with Crippen LogP contribution in [0.15, 0.2) is 61.2 Å². The normalized spacial score (nSPS) is 10.9. The standard InChI is InChI=1S/C19H15N5/c1-12-3-2-4-14(9-12)15-10-22-11-16-17(15)18(20)24-19(23-16)13-5-7-21-8-6-13/h2-11H,1H3,(H2,20,23,24). The van der Waals surface area contributed by atoms with E-state index in [1.807, 2.05) is 30.5 Å². The molecule has 0 unspecified atom stereocenters. The molecule has 0 spiro atoms. The zero-order valence-corrected chi connectivity index (χ0v) is 13.1. The van der Waals surface area contributed by atoms with Gasteiger partial charge in [-0.3, -0.25) is 9.97 Å². The maximum absolute atomic E-state index is 6.28. The zero-order chi connectivity index (χ0) is 16.5. The van der Waals surface area contributed by atoms with Crippen molar-refractivity contribution < 1.29 is 0 Å². The third-order valence-corrected chi connectivity index (χ3v) is 3.90. The molecule has 3 heterocycles. The molecule has 24 heavy (non-hydrogen) atoms. The lowest BCUT2D eigenvalue weighted by atomic mass is 10.0. The summed E-state index contributed by atoms with van der Waals surface area (Å²) in [5.74, 6) is 1.02. The first-order valence-corrected chi connectivity index (χ1v) is 7.61. The van der Waals surface area contributed by atoms with Crippen LogP contribution in [0.2, 0.25) is 0 Å². The van der Waals surface area contributed by atoms with Crippen molar-refractivity contribution in [1.82, 2.24) is 19.9 Å². The summed E-state index contributed by atoms with van der Waals surface area (Å²) in [5.41, 5.74) is 11.1. The number of aryl methyl sites for hydroxylation is 1. The van der Waals surface area contributed by atoms with E-state index in [0.717, 1.165) is 27.6 Å². The van der Waals surface area contributed by atoms with E-state index in [-0.39, 0.29) is 0 Å². The third-order valence-electron chi connectivity index (χ3n) is 3.90. The summed E-state index contributed by atoms with van der Waals surface area (Å²) < 4.78 is 0. The second kappa shape index (κ2) is 5.70. The second-order valence-electron chi connectivity index (χ2n) is 5.62. The topological polar surface area (TPSA) is 77.6 Å². The summed E-state index contributed by atoms with van der Waals surface area (Å²) in [6.07, 6.45) is 6.95. The molecule has 4 rings (SSSR count). The minimum atomic E-state index is 0.450. The Kier molecular flexibility index (Phi) is 3.39. The predicted molar refractivity (Wildman–Crippen MR) is 95.1 cm³/mol. The van der Waals surface area contributed by atoms with Crippen molar-refractivity contribution in [2.45, 2.75) is 6.92 Å². The van der Waals surface area contributed by atoms with Crippen molar-refractivity contribution in [3.63, 3.8) is 0 Å². The number of benzene rings is 1. The van der Waals surface area contributed by atoms with Crippen molar-refractivity contribution >= 4 is 16.7 Å². The molecule has 0 saturated carbocycles. The van der Waals surface area contributed by atoms with Gasteiger partial charge in [0.2, 0.25) is 0 Å². The molecular formula is C19H15N5. The average Bonchev–Trinajstić information content (AvgIpc) is 2.62. The van der Waals surface area contributed by atoms with Gasteiger partial charge in [-0.05, 0) is 24.6 Å². The Balaban J connectivity index is 1.96. The number of fused-ring (bicyclic) bond motifs is 1. The first-order valence-electron chi connectivity index (χ1n) is 7.61. The fourth-order valence-electron chi connectivity index (χ4n) is 2.77. The summed E-state index contributed by atoms with van der Waals surface area (Å²) in [6, 6.07) is 11.9. The zero-order valence-electron chi connectivity index (χ0n) is 13.1. The highest BCUT2D eigenvalue weighted by atomic mass is 15.0. The molecular weight excluding hydrogens is 298 g/mol. The molecule has 0 saturated heterocycles. The highest BCUT2D eigenvalue weighted by Gasteiger charge is 2.12. The summed E-state index contributed by atoms with van der Waals surface area (Å²) in [5, 5.41) is 0.827. The third kappa shape index (κ3) is 2.46. The number of rotatable bonds is 2. The molecule has 0 fully saturated rings. The minimum absolute atomic E-state index is 0.450. The van der Waals surface area contributed by atoms with Crippen LogP contribution in [-0.4, -0.2) is 19.9 Å². The average molecular weight is 313 g/mol. The summed E-state index contributed by atoms with van der Waals surface area (Å²) in [4.78, 5) is 17.5. The molecule has 0 radical (unpaired) electrons. The first kappa shape index (κ1) is 14.3. The van der Waals surface area contributed by atoms with Crippen LogP contribution in [0.1, 0.15) is 5.56 Å². The fraction of sp³-hybridized carbons (Fsp3) is 0.0526. The van der Waals surface area contributed by atoms with Gasteiger partial charge in [-0.15, -0.1) is 0 Å². The van der Waals surface area contributed by atoms with Gasteiger partial charge in [0.05, 0.1) is 17.1 Å². The lowest BCUT2D eigenvalue weighted by molar-refractivity contribution is 1.20. The van der Waals surface area contributed by atoms with Crippen molar-refractivity contribution in [2.75, 3.05) is 5.73 Å². The molecule has 0 atom stereocenters. The Labute approximate surface area is 139 Å². The van der Waals surface area contributed by atoms with E-state index in [9.17, 15) is 0 Å². The number of hydrogen-bond acceptors (Lipinski definition) is 5. The van der Waals surface area contributed by atoms with Crippen LogP contribution in [0.25, 0.3) is 33.4 Å². The predicted octanol–water partition coefficient (Wildman–Crippen LogP) is 3.64. The number of aromatic nitrogens is 4. The van der Waals surface area contributed by atoms with Gasteiger partial charge >= 0.3 is 0 Å². The lowest BCUT2D eigenvalue weighted by Gasteiger charge is -2.10. The number of nitrogen functional groups attached to an aromatic ring is 1. The Morgan fingerprint density at radius 3 is 2.50 bits per heavy atom. The second-order valence-corrected chi connectivity index (χ2v) is 5.62. The van der Waals surface area contributed by atoms with Crippen LogP contribution in [0.5, 0.6) is 0 Å². The van der Waals surface area contributed by atoms with Gasteiger partial charge in [-0.1, -0.05) is 29.8 Å². The largest absolute Gasteiger partial charge is 0.383 e. The van der Waals surface area contributed by atoms with E-state index in [2.05, 4.69) is 39.0 Å². The van der Waals surface area contributed by atoms with E-state index in [1.54, 1.807) is 18.6 Å². The monoisotopic (exact) mass is 313 g/mol. The van der Waals surface area contributed by atoms with Gasteiger partial charge in [0.15, 0.2) is 5.82 Å². The van der Waals surface area contributed by atoms with Crippen molar-refractivity contribution in [1.29, 1.82) is 0 Å². The minimum Gasteiger partial charge on any atom is -0.383 e. The molecule has 0 aliphatic heterocycles. The van der Waals surface area contributed by atoms with Crippen LogP contribution in [0.3, 0.4) is 0 Å². The highest BCUT2D eigenvalue weighted by Crippen LogP contribution is 2.31. The van der Waals surface area contributed by atoms with Gasteiger partial charge < -0.3 is 5.73 Å². The van der Waals surface area contributed by atoms with Crippen molar-refractivity contribution in [2.24, 2.45) is 0 Å². The fourth-order valence-corrected chi connectivity index (χ4v) is 2.77. The molecule has 0 aliphatic rings. The summed E-state index contributed by atoms with van der Waals surface area (Å²) in [6.45, 7) is 2.06. The maximum Gasteiger partial charge on any atom is 0.162 e. The van der Waals surface area contributed by atoms with E-state index in [1.165, 1.54) is 5.56 Å². The van der Waals surface area contributed by atoms with Gasteiger partial charge in [0, 0.05) is 29.7 Å². The molecule has 4 aromatic rings. The quantitative estimate of drug-likeness (QED) is 0.611. The van der Waals surface area contributed by atoms with Gasteiger partial charge in [0.25, 0.3) is 0 Å². The summed E-state index contributed by atoms with van der Waals surface area (Å²) in [7, 11) is 0. The van der Waals surface area contributed by atoms with E-state index >= 15 is 0 Å². The number of pyridine rings is 2. The van der Waals surface area contributed by atoms with Gasteiger partial charge in [-0.25, -0.2) is 9.97 Å². The lowest BCUT2D eigenvalue weighted by Crippen LogP contribution is -2.00. The van der Waals surface area contributed by atoms with E-state index in [4.69, 9.17) is 5.73 Å². The molecule has 2 N–H and O–H groups in total.